The van der Waals surface area contributed by atoms with Crippen LogP contribution in [-0.2, 0) is 0 Å². The van der Waals surface area contributed by atoms with Gasteiger partial charge in [0.2, 0.25) is 0 Å². The summed E-state index contributed by atoms with van der Waals surface area (Å²) in [6.07, 6.45) is 1.17. The molecule has 1 amide bonds. The van der Waals surface area contributed by atoms with Crippen molar-refractivity contribution in [3.63, 3.8) is 0 Å². The molecule has 0 aromatic heterocycles. The summed E-state index contributed by atoms with van der Waals surface area (Å²) in [6, 6.07) is 8.01. The Hall–Kier alpha value is -1.35. The Bertz CT molecular complexity index is 419. The van der Waals surface area contributed by atoms with Gasteiger partial charge in [0.1, 0.15) is 0 Å². The number of hydrogen-bond donors (Lipinski definition) is 1. The summed E-state index contributed by atoms with van der Waals surface area (Å²) in [6.45, 7) is 7.28. The van der Waals surface area contributed by atoms with Crippen molar-refractivity contribution in [1.82, 2.24) is 10.2 Å². The third kappa shape index (κ3) is 3.57. The molecule has 2 rings (SSSR count). The smallest absolute Gasteiger partial charge is 0.253 e. The maximum absolute atomic E-state index is 12.3. The van der Waals surface area contributed by atoms with E-state index in [0.717, 1.165) is 25.2 Å². The van der Waals surface area contributed by atoms with Crippen molar-refractivity contribution in [2.45, 2.75) is 26.2 Å². The topological polar surface area (TPSA) is 32.3 Å². The van der Waals surface area contributed by atoms with Crippen molar-refractivity contribution >= 4 is 5.91 Å². The van der Waals surface area contributed by atoms with Gasteiger partial charge in [-0.15, -0.1) is 0 Å². The number of nitrogens with zero attached hydrogens (tertiary/aromatic N) is 1. The first kappa shape index (κ1) is 14.1. The van der Waals surface area contributed by atoms with Crippen molar-refractivity contribution in [1.29, 1.82) is 0 Å². The molecule has 104 valence electrons. The summed E-state index contributed by atoms with van der Waals surface area (Å²) < 4.78 is 0. The van der Waals surface area contributed by atoms with Gasteiger partial charge in [-0.3, -0.25) is 4.79 Å². The van der Waals surface area contributed by atoms with Crippen LogP contribution in [0.2, 0.25) is 0 Å². The molecule has 0 spiro atoms. The number of carbonyl (C=O) groups excluding carboxylic acids is 1. The largest absolute Gasteiger partial charge is 0.341 e. The van der Waals surface area contributed by atoms with Crippen LogP contribution in [0.25, 0.3) is 0 Å². The minimum Gasteiger partial charge on any atom is -0.341 e. The summed E-state index contributed by atoms with van der Waals surface area (Å²) in [4.78, 5) is 14.2. The van der Waals surface area contributed by atoms with Crippen molar-refractivity contribution in [3.8, 4) is 0 Å². The first-order chi connectivity index (χ1) is 9.08. The highest BCUT2D eigenvalue weighted by Crippen LogP contribution is 2.16. The molecule has 0 saturated carbocycles. The van der Waals surface area contributed by atoms with Crippen LogP contribution in [0, 0.1) is 5.92 Å². The van der Waals surface area contributed by atoms with Gasteiger partial charge in [-0.1, -0.05) is 26.0 Å². The quantitative estimate of drug-likeness (QED) is 0.902. The standard InChI is InChI=1S/C16H24N2O/c1-12(2)14-4-6-15(7-5-14)16(19)18(3)11-13-8-9-17-10-13/h4-7,12-13,17H,8-11H2,1-3H3. The van der Waals surface area contributed by atoms with Gasteiger partial charge in [0.05, 0.1) is 0 Å². The van der Waals surface area contributed by atoms with E-state index in [1.54, 1.807) is 0 Å². The molecule has 19 heavy (non-hydrogen) atoms. The van der Waals surface area contributed by atoms with Crippen LogP contribution in [-0.4, -0.2) is 37.5 Å². The molecule has 3 nitrogen and oxygen atoms in total. The fourth-order valence-corrected chi connectivity index (χ4v) is 2.57. The number of carbonyl (C=O) groups is 1. The van der Waals surface area contributed by atoms with E-state index in [1.165, 1.54) is 12.0 Å². The Morgan fingerprint density at radius 2 is 2.05 bits per heavy atom. The van der Waals surface area contributed by atoms with Gasteiger partial charge in [0.25, 0.3) is 5.91 Å². The zero-order valence-corrected chi connectivity index (χ0v) is 12.1. The van der Waals surface area contributed by atoms with E-state index in [9.17, 15) is 4.79 Å². The molecule has 1 aromatic rings. The zero-order valence-electron chi connectivity index (χ0n) is 12.1. The second-order valence-corrected chi connectivity index (χ2v) is 5.82. The summed E-state index contributed by atoms with van der Waals surface area (Å²) in [5, 5.41) is 3.34. The molecule has 3 heteroatoms. The van der Waals surface area contributed by atoms with E-state index in [2.05, 4.69) is 31.3 Å². The highest BCUT2D eigenvalue weighted by molar-refractivity contribution is 5.94. The second kappa shape index (κ2) is 6.20. The lowest BCUT2D eigenvalue weighted by atomic mass is 10.0. The van der Waals surface area contributed by atoms with Crippen molar-refractivity contribution in [3.05, 3.63) is 35.4 Å². The minimum absolute atomic E-state index is 0.127. The number of amides is 1. The molecule has 1 atom stereocenters. The zero-order chi connectivity index (χ0) is 13.8. The molecule has 0 radical (unpaired) electrons. The van der Waals surface area contributed by atoms with Gasteiger partial charge in [0, 0.05) is 19.2 Å². The minimum atomic E-state index is 0.127. The third-order valence-corrected chi connectivity index (χ3v) is 3.87. The van der Waals surface area contributed by atoms with Crippen LogP contribution < -0.4 is 5.32 Å². The lowest BCUT2D eigenvalue weighted by Gasteiger charge is -2.21. The van der Waals surface area contributed by atoms with E-state index < -0.39 is 0 Å². The average molecular weight is 260 g/mol. The number of benzene rings is 1. The van der Waals surface area contributed by atoms with Gasteiger partial charge in [-0.2, -0.15) is 0 Å². The fraction of sp³-hybridized carbons (Fsp3) is 0.562. The van der Waals surface area contributed by atoms with E-state index in [1.807, 2.05) is 24.1 Å². The van der Waals surface area contributed by atoms with Crippen molar-refractivity contribution < 1.29 is 4.79 Å². The predicted molar refractivity (Wildman–Crippen MR) is 78.5 cm³/mol. The lowest BCUT2D eigenvalue weighted by Crippen LogP contribution is -2.32. The van der Waals surface area contributed by atoms with E-state index in [0.29, 0.717) is 11.8 Å². The normalized spacial score (nSPS) is 18.8. The van der Waals surface area contributed by atoms with Crippen molar-refractivity contribution in [2.24, 2.45) is 5.92 Å². The van der Waals surface area contributed by atoms with Crippen LogP contribution >= 0.6 is 0 Å². The third-order valence-electron chi connectivity index (χ3n) is 3.87. The molecule has 0 bridgehead atoms. The van der Waals surface area contributed by atoms with Crippen molar-refractivity contribution in [2.75, 3.05) is 26.7 Å². The Balaban J connectivity index is 1.97. The number of nitrogens with one attached hydrogen (secondary N) is 1. The van der Waals surface area contributed by atoms with Crippen LogP contribution in [0.4, 0.5) is 0 Å². The lowest BCUT2D eigenvalue weighted by molar-refractivity contribution is 0.0776. The van der Waals surface area contributed by atoms with Gasteiger partial charge in [0.15, 0.2) is 0 Å². The molecular weight excluding hydrogens is 236 g/mol. The first-order valence-electron chi connectivity index (χ1n) is 7.14. The predicted octanol–water partition coefficient (Wildman–Crippen LogP) is 2.49. The Kier molecular flexibility index (Phi) is 4.59. The van der Waals surface area contributed by atoms with Gasteiger partial charge >= 0.3 is 0 Å². The molecule has 1 aliphatic heterocycles. The van der Waals surface area contributed by atoms with E-state index >= 15 is 0 Å². The summed E-state index contributed by atoms with van der Waals surface area (Å²) >= 11 is 0. The second-order valence-electron chi connectivity index (χ2n) is 5.82. The molecule has 1 unspecified atom stereocenters. The highest BCUT2D eigenvalue weighted by atomic mass is 16.2. The number of rotatable bonds is 4. The Morgan fingerprint density at radius 1 is 1.37 bits per heavy atom. The SMILES string of the molecule is CC(C)c1ccc(C(=O)N(C)CC2CCNC2)cc1. The summed E-state index contributed by atoms with van der Waals surface area (Å²) in [5.41, 5.74) is 2.07. The fourth-order valence-electron chi connectivity index (χ4n) is 2.57. The molecule has 1 N–H and O–H groups in total. The maximum atomic E-state index is 12.3. The van der Waals surface area contributed by atoms with Gasteiger partial charge < -0.3 is 10.2 Å². The van der Waals surface area contributed by atoms with Crippen LogP contribution in [0.1, 0.15) is 42.1 Å². The maximum Gasteiger partial charge on any atom is 0.253 e. The summed E-state index contributed by atoms with van der Waals surface area (Å²) in [5.74, 6) is 1.23. The number of hydrogen-bond acceptors (Lipinski definition) is 2. The highest BCUT2D eigenvalue weighted by Gasteiger charge is 2.19. The molecule has 0 aliphatic carbocycles. The van der Waals surface area contributed by atoms with Gasteiger partial charge in [-0.05, 0) is 49.0 Å². The van der Waals surface area contributed by atoms with E-state index in [-0.39, 0.29) is 5.91 Å². The van der Waals surface area contributed by atoms with E-state index in [4.69, 9.17) is 0 Å². The summed E-state index contributed by atoms with van der Waals surface area (Å²) in [7, 11) is 1.90. The average Bonchev–Trinajstić information content (AvgIpc) is 2.90. The Morgan fingerprint density at radius 3 is 2.58 bits per heavy atom. The molecule has 1 aliphatic rings. The molecule has 1 saturated heterocycles. The van der Waals surface area contributed by atoms with Crippen LogP contribution in [0.15, 0.2) is 24.3 Å². The van der Waals surface area contributed by atoms with Crippen LogP contribution in [0.5, 0.6) is 0 Å². The monoisotopic (exact) mass is 260 g/mol. The molecule has 1 aromatic carbocycles. The van der Waals surface area contributed by atoms with Gasteiger partial charge in [-0.25, -0.2) is 0 Å². The molecule has 1 heterocycles. The van der Waals surface area contributed by atoms with Crippen LogP contribution in [0.3, 0.4) is 0 Å². The molecule has 1 fully saturated rings. The Labute approximate surface area is 116 Å². The first-order valence-corrected chi connectivity index (χ1v) is 7.14. The molecular formula is C16H24N2O.